The van der Waals surface area contributed by atoms with Crippen molar-refractivity contribution in [3.05, 3.63) is 96.0 Å². The number of carbonyl (C=O) groups is 1. The van der Waals surface area contributed by atoms with Gasteiger partial charge in [0.2, 0.25) is 0 Å². The first-order chi connectivity index (χ1) is 14.2. The number of hydrogen-bond acceptors (Lipinski definition) is 5. The van der Waals surface area contributed by atoms with Crippen LogP contribution >= 0.6 is 0 Å². The molecule has 0 radical (unpaired) electrons. The van der Waals surface area contributed by atoms with Gasteiger partial charge in [0.15, 0.2) is 0 Å². The molecule has 6 heteroatoms. The van der Waals surface area contributed by atoms with E-state index in [1.807, 2.05) is 48.5 Å². The summed E-state index contributed by atoms with van der Waals surface area (Å²) in [5.41, 5.74) is 2.18. The molecule has 0 saturated heterocycles. The van der Waals surface area contributed by atoms with Crippen molar-refractivity contribution in [2.24, 2.45) is 0 Å². The van der Waals surface area contributed by atoms with Crippen molar-refractivity contribution in [2.75, 3.05) is 7.11 Å². The van der Waals surface area contributed by atoms with Crippen LogP contribution in [-0.2, 0) is 22.7 Å². The summed E-state index contributed by atoms with van der Waals surface area (Å²) in [5, 5.41) is 9.45. The standard InChI is InChI=1S/C23H21NO5/c1-27-16-22(23(25)26)21-11-3-2-7-17(21)14-28-19-9-6-10-20(13-19)29-15-18-8-4-5-12-24-18/h2-13,16H,14-15H2,1H3,(H,25,26)/b22-16+. The van der Waals surface area contributed by atoms with Crippen LogP contribution in [0, 0.1) is 0 Å². The lowest BCUT2D eigenvalue weighted by atomic mass is 10.0. The molecule has 0 bridgehead atoms. The quantitative estimate of drug-likeness (QED) is 0.433. The highest BCUT2D eigenvalue weighted by molar-refractivity contribution is 6.15. The van der Waals surface area contributed by atoms with Gasteiger partial charge < -0.3 is 19.3 Å². The van der Waals surface area contributed by atoms with E-state index in [0.717, 1.165) is 11.3 Å². The highest BCUT2D eigenvalue weighted by atomic mass is 16.5. The molecule has 0 aliphatic heterocycles. The lowest BCUT2D eigenvalue weighted by molar-refractivity contribution is -0.130. The van der Waals surface area contributed by atoms with Gasteiger partial charge in [-0.2, -0.15) is 0 Å². The maximum atomic E-state index is 11.5. The molecule has 148 valence electrons. The monoisotopic (exact) mass is 391 g/mol. The Balaban J connectivity index is 1.69. The van der Waals surface area contributed by atoms with Gasteiger partial charge >= 0.3 is 5.97 Å². The summed E-state index contributed by atoms with van der Waals surface area (Å²) in [6.45, 7) is 0.561. The van der Waals surface area contributed by atoms with Crippen LogP contribution < -0.4 is 9.47 Å². The van der Waals surface area contributed by atoms with Crippen molar-refractivity contribution >= 4 is 11.5 Å². The Morgan fingerprint density at radius 3 is 2.38 bits per heavy atom. The maximum Gasteiger partial charge on any atom is 0.339 e. The van der Waals surface area contributed by atoms with E-state index in [0.29, 0.717) is 23.7 Å². The molecule has 0 fully saturated rings. The largest absolute Gasteiger partial charge is 0.503 e. The fraction of sp³-hybridized carbons (Fsp3) is 0.130. The van der Waals surface area contributed by atoms with Gasteiger partial charge in [-0.05, 0) is 35.4 Å². The minimum absolute atomic E-state index is 0.0687. The van der Waals surface area contributed by atoms with Crippen LogP contribution in [0.2, 0.25) is 0 Å². The van der Waals surface area contributed by atoms with Crippen LogP contribution in [0.25, 0.3) is 5.57 Å². The first kappa shape index (κ1) is 19.9. The van der Waals surface area contributed by atoms with Gasteiger partial charge in [0.05, 0.1) is 19.1 Å². The Morgan fingerprint density at radius 2 is 1.69 bits per heavy atom. The molecule has 1 heterocycles. The third-order valence-corrected chi connectivity index (χ3v) is 4.09. The summed E-state index contributed by atoms with van der Waals surface area (Å²) in [6.07, 6.45) is 2.94. The van der Waals surface area contributed by atoms with Gasteiger partial charge in [-0.15, -0.1) is 0 Å². The Bertz CT molecular complexity index is 985. The molecule has 3 rings (SSSR count). The van der Waals surface area contributed by atoms with Gasteiger partial charge in [0.1, 0.15) is 30.3 Å². The van der Waals surface area contributed by atoms with Crippen molar-refractivity contribution in [1.29, 1.82) is 0 Å². The van der Waals surface area contributed by atoms with E-state index in [1.54, 1.807) is 24.4 Å². The van der Waals surface area contributed by atoms with E-state index >= 15 is 0 Å². The molecule has 2 aromatic carbocycles. The van der Waals surface area contributed by atoms with Crippen molar-refractivity contribution in [2.45, 2.75) is 13.2 Å². The van der Waals surface area contributed by atoms with Crippen LogP contribution in [0.3, 0.4) is 0 Å². The normalized spacial score (nSPS) is 11.0. The summed E-state index contributed by atoms with van der Waals surface area (Å²) in [5.74, 6) is 0.210. The van der Waals surface area contributed by atoms with E-state index in [-0.39, 0.29) is 12.2 Å². The van der Waals surface area contributed by atoms with Crippen LogP contribution in [0.15, 0.2) is 79.2 Å². The lowest BCUT2D eigenvalue weighted by Gasteiger charge is -2.12. The fourth-order valence-electron chi connectivity index (χ4n) is 2.71. The molecule has 29 heavy (non-hydrogen) atoms. The molecule has 0 spiro atoms. The molecule has 0 aliphatic carbocycles. The van der Waals surface area contributed by atoms with Crippen LogP contribution in [0.5, 0.6) is 11.5 Å². The second-order valence-electron chi connectivity index (χ2n) is 6.10. The van der Waals surface area contributed by atoms with Crippen molar-refractivity contribution < 1.29 is 24.1 Å². The molecule has 0 unspecified atom stereocenters. The van der Waals surface area contributed by atoms with E-state index in [4.69, 9.17) is 14.2 Å². The van der Waals surface area contributed by atoms with Crippen molar-refractivity contribution in [3.63, 3.8) is 0 Å². The lowest BCUT2D eigenvalue weighted by Crippen LogP contribution is -2.06. The average molecular weight is 391 g/mol. The molecule has 0 amide bonds. The van der Waals surface area contributed by atoms with Gasteiger partial charge in [-0.1, -0.05) is 36.4 Å². The smallest absolute Gasteiger partial charge is 0.339 e. The number of pyridine rings is 1. The zero-order chi connectivity index (χ0) is 20.5. The highest BCUT2D eigenvalue weighted by Crippen LogP contribution is 2.24. The number of nitrogens with zero attached hydrogens (tertiary/aromatic N) is 1. The number of rotatable bonds is 9. The predicted octanol–water partition coefficient (Wildman–Crippen LogP) is 4.31. The van der Waals surface area contributed by atoms with Gasteiger partial charge in [-0.3, -0.25) is 4.98 Å². The Morgan fingerprint density at radius 1 is 0.966 bits per heavy atom. The van der Waals surface area contributed by atoms with Gasteiger partial charge in [-0.25, -0.2) is 4.79 Å². The molecular weight excluding hydrogens is 370 g/mol. The SMILES string of the molecule is CO/C=C(/C(=O)O)c1ccccc1COc1cccc(OCc2ccccn2)c1. The zero-order valence-corrected chi connectivity index (χ0v) is 15.9. The Hall–Kier alpha value is -3.80. The number of ether oxygens (including phenoxy) is 3. The summed E-state index contributed by atoms with van der Waals surface area (Å²) in [7, 11) is 1.42. The first-order valence-corrected chi connectivity index (χ1v) is 8.97. The van der Waals surface area contributed by atoms with Crippen LogP contribution in [-0.4, -0.2) is 23.2 Å². The summed E-state index contributed by atoms with van der Waals surface area (Å²) < 4.78 is 16.6. The minimum atomic E-state index is -1.07. The molecule has 1 N–H and O–H groups in total. The second-order valence-corrected chi connectivity index (χ2v) is 6.10. The fourth-order valence-corrected chi connectivity index (χ4v) is 2.71. The van der Waals surface area contributed by atoms with Crippen molar-refractivity contribution in [1.82, 2.24) is 4.98 Å². The zero-order valence-electron chi connectivity index (χ0n) is 15.9. The molecule has 6 nitrogen and oxygen atoms in total. The highest BCUT2D eigenvalue weighted by Gasteiger charge is 2.15. The second kappa shape index (κ2) is 9.94. The van der Waals surface area contributed by atoms with Gasteiger partial charge in [0.25, 0.3) is 0 Å². The Kier molecular flexibility index (Phi) is 6.84. The predicted molar refractivity (Wildman–Crippen MR) is 108 cm³/mol. The number of aromatic nitrogens is 1. The molecule has 0 saturated carbocycles. The number of aliphatic carboxylic acids is 1. The first-order valence-electron chi connectivity index (χ1n) is 8.97. The summed E-state index contributed by atoms with van der Waals surface area (Å²) in [4.78, 5) is 15.8. The topological polar surface area (TPSA) is 77.9 Å². The molecule has 0 atom stereocenters. The number of methoxy groups -OCH3 is 1. The molecule has 0 aliphatic rings. The average Bonchev–Trinajstić information content (AvgIpc) is 2.76. The molecule has 3 aromatic rings. The van der Waals surface area contributed by atoms with Crippen LogP contribution in [0.4, 0.5) is 0 Å². The van der Waals surface area contributed by atoms with Crippen LogP contribution in [0.1, 0.15) is 16.8 Å². The number of carboxylic acids is 1. The molecular formula is C23H21NO5. The van der Waals surface area contributed by atoms with E-state index in [9.17, 15) is 9.90 Å². The molecule has 1 aromatic heterocycles. The summed E-state index contributed by atoms with van der Waals surface area (Å²) >= 11 is 0. The summed E-state index contributed by atoms with van der Waals surface area (Å²) in [6, 6.07) is 20.1. The number of hydrogen-bond donors (Lipinski definition) is 1. The third-order valence-electron chi connectivity index (χ3n) is 4.09. The number of carboxylic acid groups (broad SMARTS) is 1. The van der Waals surface area contributed by atoms with Gasteiger partial charge in [0, 0.05) is 12.3 Å². The third kappa shape index (κ3) is 5.59. The van der Waals surface area contributed by atoms with E-state index in [2.05, 4.69) is 4.98 Å². The minimum Gasteiger partial charge on any atom is -0.503 e. The van der Waals surface area contributed by atoms with E-state index < -0.39 is 5.97 Å². The van der Waals surface area contributed by atoms with Crippen molar-refractivity contribution in [3.8, 4) is 11.5 Å². The number of benzene rings is 2. The Labute approximate surface area is 169 Å². The van der Waals surface area contributed by atoms with E-state index in [1.165, 1.54) is 13.4 Å². The maximum absolute atomic E-state index is 11.5.